The number of anilines is 1. The van der Waals surface area contributed by atoms with Gasteiger partial charge in [-0.3, -0.25) is 19.2 Å². The standard InChI is InChI=1S/C56H52N6O7Si/c1-35-52(70(3,4)45-24-22-44(68-2)23-25-45)50(29-51(64)59-33-40-14-6-5-11-37(40)27-43(59)34-63)69-56(35)48-28-42(62-54(66)47-16-10-8-13-39(47)31-58-62)21-26-49(48)60(55(56)67)32-36-17-19-41(20-18-36)61-53(65)46-15-9-7-12-38(46)30-57-61/h5-26,28,30-31,35,43,50,52,63H,27,29,32-34H2,1-4H3/t35-,43-,50+,52-,56+/m0/s1. The van der Waals surface area contributed by atoms with Gasteiger partial charge < -0.3 is 24.4 Å². The van der Waals surface area contributed by atoms with Crippen molar-refractivity contribution < 1.29 is 24.2 Å². The maximum Gasteiger partial charge on any atom is 0.279 e. The van der Waals surface area contributed by atoms with Crippen molar-refractivity contribution in [2.24, 2.45) is 5.92 Å². The van der Waals surface area contributed by atoms with Gasteiger partial charge in [0.2, 0.25) is 5.91 Å². The third-order valence-electron chi connectivity index (χ3n) is 15.2. The van der Waals surface area contributed by atoms with Crippen LogP contribution >= 0.6 is 0 Å². The van der Waals surface area contributed by atoms with E-state index in [0.717, 1.165) is 33.0 Å². The molecule has 1 N–H and O–H groups in total. The summed E-state index contributed by atoms with van der Waals surface area (Å²) >= 11 is 0. The second-order valence-electron chi connectivity index (χ2n) is 19.3. The highest BCUT2D eigenvalue weighted by atomic mass is 28.3. The van der Waals surface area contributed by atoms with Gasteiger partial charge in [-0.1, -0.05) is 110 Å². The molecular weight excluding hydrogens is 897 g/mol. The summed E-state index contributed by atoms with van der Waals surface area (Å²) in [6.45, 7) is 6.94. The van der Waals surface area contributed by atoms with Crippen LogP contribution in [0.15, 0.2) is 162 Å². The van der Waals surface area contributed by atoms with E-state index >= 15 is 4.79 Å². The molecule has 14 heteroatoms. The number of carbonyl (C=O) groups excluding carboxylic acids is 2. The minimum absolute atomic E-state index is 0.0142. The van der Waals surface area contributed by atoms with E-state index in [9.17, 15) is 19.5 Å². The van der Waals surface area contributed by atoms with Crippen LogP contribution in [0.3, 0.4) is 0 Å². The number of aliphatic hydroxyl groups is 1. The van der Waals surface area contributed by atoms with E-state index in [1.807, 2.05) is 109 Å². The van der Waals surface area contributed by atoms with Gasteiger partial charge in [0.15, 0.2) is 5.60 Å². The molecule has 3 aliphatic rings. The second-order valence-corrected chi connectivity index (χ2v) is 24.0. The normalized spacial score (nSPS) is 20.8. The number of benzene rings is 6. The third kappa shape index (κ3) is 7.28. The summed E-state index contributed by atoms with van der Waals surface area (Å²) in [5.74, 6) is -0.175. The Morgan fingerprint density at radius 3 is 2.01 bits per heavy atom. The molecule has 70 heavy (non-hydrogen) atoms. The van der Waals surface area contributed by atoms with Crippen LogP contribution in [-0.2, 0) is 39.4 Å². The number of carbonyl (C=O) groups is 2. The van der Waals surface area contributed by atoms with Crippen LogP contribution in [0.1, 0.15) is 35.6 Å². The van der Waals surface area contributed by atoms with Crippen LogP contribution in [0.25, 0.3) is 32.9 Å². The maximum atomic E-state index is 15.9. The first kappa shape index (κ1) is 45.0. The Morgan fingerprint density at radius 1 is 0.771 bits per heavy atom. The lowest BCUT2D eigenvalue weighted by molar-refractivity contribution is -0.151. The average molecular weight is 949 g/mol. The summed E-state index contributed by atoms with van der Waals surface area (Å²) in [5, 5.41) is 23.4. The van der Waals surface area contributed by atoms with Crippen LogP contribution < -0.4 is 25.9 Å². The molecule has 2 amide bonds. The molecule has 13 nitrogen and oxygen atoms in total. The Labute approximate surface area is 405 Å². The quantitative estimate of drug-likeness (QED) is 0.141. The van der Waals surface area contributed by atoms with Crippen molar-refractivity contribution in [3.63, 3.8) is 0 Å². The van der Waals surface area contributed by atoms with Crippen molar-refractivity contribution in [3.05, 3.63) is 195 Å². The van der Waals surface area contributed by atoms with E-state index in [1.165, 1.54) is 9.36 Å². The van der Waals surface area contributed by atoms with E-state index in [0.29, 0.717) is 51.7 Å². The van der Waals surface area contributed by atoms with Gasteiger partial charge in [-0.05, 0) is 83.2 Å². The van der Waals surface area contributed by atoms with Gasteiger partial charge in [-0.25, -0.2) is 0 Å². The molecule has 2 aromatic heterocycles. The van der Waals surface area contributed by atoms with Gasteiger partial charge in [0.25, 0.3) is 17.0 Å². The van der Waals surface area contributed by atoms with Gasteiger partial charge >= 0.3 is 0 Å². The fourth-order valence-electron chi connectivity index (χ4n) is 11.6. The van der Waals surface area contributed by atoms with E-state index < -0.39 is 31.7 Å². The first-order chi connectivity index (χ1) is 33.9. The molecule has 1 spiro atoms. The molecule has 11 rings (SSSR count). The van der Waals surface area contributed by atoms with E-state index in [4.69, 9.17) is 9.47 Å². The van der Waals surface area contributed by atoms with Gasteiger partial charge in [0, 0.05) is 28.8 Å². The molecule has 1 fully saturated rings. The number of hydrogen-bond donors (Lipinski definition) is 1. The highest BCUT2D eigenvalue weighted by Gasteiger charge is 2.66. The minimum Gasteiger partial charge on any atom is -0.497 e. The van der Waals surface area contributed by atoms with E-state index in [1.54, 1.807) is 47.5 Å². The molecule has 0 radical (unpaired) electrons. The second kappa shape index (κ2) is 17.5. The SMILES string of the molecule is COc1ccc([Si](C)(C)[C@@H]2[C@@H](CC(=O)N3Cc4ccccc4C[C@H]3CO)O[C@]3(C(=O)N(Cc4ccc(-n5ncc6ccccc6c5=O)cc4)c4ccc(-n5ncc6ccccc6c5=O)cc43)[C@H]2C)cc1. The molecular formula is C56H52N6O7Si. The van der Waals surface area contributed by atoms with Crippen LogP contribution in [0.4, 0.5) is 5.69 Å². The Balaban J connectivity index is 1.02. The van der Waals surface area contributed by atoms with Crippen LogP contribution in [0, 0.1) is 5.92 Å². The predicted octanol–water partition coefficient (Wildman–Crippen LogP) is 7.19. The summed E-state index contributed by atoms with van der Waals surface area (Å²) in [6, 6.07) is 43.3. The Hall–Kier alpha value is -7.52. The predicted molar refractivity (Wildman–Crippen MR) is 272 cm³/mol. The molecule has 0 saturated carbocycles. The van der Waals surface area contributed by atoms with Crippen LogP contribution in [0.2, 0.25) is 18.6 Å². The zero-order valence-electron chi connectivity index (χ0n) is 39.4. The highest BCUT2D eigenvalue weighted by Crippen LogP contribution is 2.60. The lowest BCUT2D eigenvalue weighted by Crippen LogP contribution is -2.52. The number of fused-ring (bicyclic) bond motifs is 5. The van der Waals surface area contributed by atoms with Crippen LogP contribution in [0.5, 0.6) is 5.75 Å². The summed E-state index contributed by atoms with van der Waals surface area (Å²) in [7, 11) is -1.06. The third-order valence-corrected chi connectivity index (χ3v) is 19.6. The van der Waals surface area contributed by atoms with Gasteiger partial charge in [0.1, 0.15) is 5.75 Å². The summed E-state index contributed by atoms with van der Waals surface area (Å²) < 4.78 is 15.8. The number of aliphatic hydroxyl groups excluding tert-OH is 1. The molecule has 0 unspecified atom stereocenters. The zero-order chi connectivity index (χ0) is 48.5. The van der Waals surface area contributed by atoms with Crippen molar-refractivity contribution >= 4 is 52.3 Å². The number of aromatic nitrogens is 4. The van der Waals surface area contributed by atoms with Crippen molar-refractivity contribution in [2.45, 2.75) is 69.2 Å². The van der Waals surface area contributed by atoms with Crippen molar-refractivity contribution in [3.8, 4) is 17.1 Å². The lowest BCUT2D eigenvalue weighted by atomic mass is 9.82. The van der Waals surface area contributed by atoms with Crippen molar-refractivity contribution in [1.29, 1.82) is 0 Å². The Kier molecular flexibility index (Phi) is 11.2. The van der Waals surface area contributed by atoms with E-state index in [2.05, 4.69) is 42.3 Å². The van der Waals surface area contributed by atoms with E-state index in [-0.39, 0.29) is 48.0 Å². The largest absolute Gasteiger partial charge is 0.497 e. The molecule has 0 bridgehead atoms. The number of amides is 2. The number of hydrogen-bond acceptors (Lipinski definition) is 9. The first-order valence-electron chi connectivity index (χ1n) is 23.7. The zero-order valence-corrected chi connectivity index (χ0v) is 40.4. The fourth-order valence-corrected chi connectivity index (χ4v) is 15.6. The number of nitrogens with zero attached hydrogens (tertiary/aromatic N) is 6. The molecule has 352 valence electrons. The van der Waals surface area contributed by atoms with Crippen LogP contribution in [-0.4, -0.2) is 75.3 Å². The number of rotatable bonds is 10. The topological polar surface area (TPSA) is 149 Å². The number of methoxy groups -OCH3 is 1. The molecule has 5 heterocycles. The minimum atomic E-state index is -2.70. The Bertz CT molecular complexity index is 3480. The van der Waals surface area contributed by atoms with Gasteiger partial charge in [0.05, 0.1) is 87.1 Å². The van der Waals surface area contributed by atoms with Gasteiger partial charge in [-0.15, -0.1) is 0 Å². The molecule has 0 aliphatic carbocycles. The molecule has 1 saturated heterocycles. The molecule has 3 aliphatic heterocycles. The lowest BCUT2D eigenvalue weighted by Gasteiger charge is -2.39. The smallest absolute Gasteiger partial charge is 0.279 e. The average Bonchev–Trinajstić information content (AvgIpc) is 3.81. The highest BCUT2D eigenvalue weighted by molar-refractivity contribution is 6.91. The van der Waals surface area contributed by atoms with Crippen molar-refractivity contribution in [1.82, 2.24) is 24.5 Å². The number of ether oxygens (including phenoxy) is 2. The van der Waals surface area contributed by atoms with Crippen molar-refractivity contribution in [2.75, 3.05) is 18.6 Å². The molecule has 6 aromatic carbocycles. The first-order valence-corrected chi connectivity index (χ1v) is 26.8. The molecule has 8 aromatic rings. The Morgan fingerprint density at radius 2 is 1.37 bits per heavy atom. The summed E-state index contributed by atoms with van der Waals surface area (Å²) in [6.07, 6.45) is 3.14. The summed E-state index contributed by atoms with van der Waals surface area (Å²) in [4.78, 5) is 62.0. The van der Waals surface area contributed by atoms with Gasteiger partial charge in [-0.2, -0.15) is 19.6 Å². The molecule has 5 atom stereocenters. The summed E-state index contributed by atoms with van der Waals surface area (Å²) in [5.41, 5.74) is 2.82. The fraction of sp³-hybridized carbons (Fsp3) is 0.250. The monoisotopic (exact) mass is 948 g/mol. The maximum absolute atomic E-state index is 15.9.